The van der Waals surface area contributed by atoms with E-state index in [1.807, 2.05) is 0 Å². The van der Waals surface area contributed by atoms with E-state index < -0.39 is 5.82 Å². The summed E-state index contributed by atoms with van der Waals surface area (Å²) in [5, 5.41) is 0. The van der Waals surface area contributed by atoms with Crippen molar-refractivity contribution in [2.45, 2.75) is 32.7 Å². The van der Waals surface area contributed by atoms with E-state index in [-0.39, 0.29) is 11.5 Å². The van der Waals surface area contributed by atoms with Crippen LogP contribution in [0, 0.1) is 5.82 Å². The molecule has 0 atom stereocenters. The van der Waals surface area contributed by atoms with Crippen molar-refractivity contribution in [3.05, 3.63) is 29.6 Å². The van der Waals surface area contributed by atoms with Gasteiger partial charge in [-0.15, -0.1) is 0 Å². The van der Waals surface area contributed by atoms with Crippen LogP contribution in [0.15, 0.2) is 18.2 Å². The first kappa shape index (κ1) is 15.8. The summed E-state index contributed by atoms with van der Waals surface area (Å²) >= 11 is 0. The van der Waals surface area contributed by atoms with Crippen LogP contribution >= 0.6 is 0 Å². The number of nitrogens with two attached hydrogens (primary N) is 1. The van der Waals surface area contributed by atoms with Crippen molar-refractivity contribution in [2.75, 3.05) is 31.9 Å². The predicted molar refractivity (Wildman–Crippen MR) is 82.7 cm³/mol. The monoisotopic (exact) mass is 293 g/mol. The normalized spacial score (nSPS) is 16.5. The molecule has 1 aliphatic heterocycles. The van der Waals surface area contributed by atoms with Gasteiger partial charge in [-0.25, -0.2) is 4.39 Å². The van der Waals surface area contributed by atoms with Gasteiger partial charge in [-0.05, 0) is 44.1 Å². The van der Waals surface area contributed by atoms with Crippen molar-refractivity contribution in [3.63, 3.8) is 0 Å². The maximum Gasteiger partial charge on any atom is 0.256 e. The van der Waals surface area contributed by atoms with Crippen LogP contribution in [0.2, 0.25) is 0 Å². The molecule has 0 aromatic heterocycles. The van der Waals surface area contributed by atoms with Crippen molar-refractivity contribution >= 4 is 11.6 Å². The molecule has 0 unspecified atom stereocenters. The van der Waals surface area contributed by atoms with Crippen molar-refractivity contribution in [1.82, 2.24) is 9.80 Å². The summed E-state index contributed by atoms with van der Waals surface area (Å²) in [6.45, 7) is 7.80. The number of nitrogen functional groups attached to an aromatic ring is 1. The second kappa shape index (κ2) is 6.89. The number of hydrogen-bond donors (Lipinski definition) is 1. The lowest BCUT2D eigenvalue weighted by molar-refractivity contribution is 0.0632. The number of rotatable bonds is 4. The number of anilines is 1. The summed E-state index contributed by atoms with van der Waals surface area (Å²) < 4.78 is 13.3. The minimum atomic E-state index is -0.425. The van der Waals surface area contributed by atoms with Crippen molar-refractivity contribution in [3.8, 4) is 0 Å². The number of halogens is 1. The fraction of sp³-hybridized carbons (Fsp3) is 0.562. The maximum absolute atomic E-state index is 13.3. The van der Waals surface area contributed by atoms with E-state index in [4.69, 9.17) is 5.73 Å². The fourth-order valence-corrected chi connectivity index (χ4v) is 3.06. The highest BCUT2D eigenvalue weighted by Gasteiger charge is 2.27. The Kier molecular flexibility index (Phi) is 5.17. The van der Waals surface area contributed by atoms with Gasteiger partial charge < -0.3 is 15.5 Å². The zero-order valence-corrected chi connectivity index (χ0v) is 12.8. The highest BCUT2D eigenvalue weighted by atomic mass is 19.1. The van der Waals surface area contributed by atoms with Crippen LogP contribution in [0.1, 0.15) is 37.0 Å². The lowest BCUT2D eigenvalue weighted by atomic mass is 10.0. The number of carbonyl (C=O) groups is 1. The maximum atomic E-state index is 13.3. The molecule has 5 heteroatoms. The largest absolute Gasteiger partial charge is 0.398 e. The van der Waals surface area contributed by atoms with Gasteiger partial charge in [-0.1, -0.05) is 13.8 Å². The molecule has 0 aliphatic carbocycles. The minimum Gasteiger partial charge on any atom is -0.398 e. The smallest absolute Gasteiger partial charge is 0.256 e. The molecule has 1 heterocycles. The minimum absolute atomic E-state index is 0.162. The Morgan fingerprint density at radius 1 is 1.33 bits per heavy atom. The Morgan fingerprint density at radius 3 is 2.52 bits per heavy atom. The number of carbonyl (C=O) groups excluding carboxylic acids is 1. The standard InChI is InChI=1S/C16H24FN3O/c1-3-19(4-2)13-7-9-20(10-8-13)16(21)14-11-12(17)5-6-15(14)18/h5-6,11,13H,3-4,7-10,18H2,1-2H3. The first-order chi connectivity index (χ1) is 10.1. The molecule has 1 aromatic carbocycles. The third-order valence-electron chi connectivity index (χ3n) is 4.33. The molecule has 1 aromatic rings. The third-order valence-corrected chi connectivity index (χ3v) is 4.33. The van der Waals surface area contributed by atoms with Gasteiger partial charge in [0.05, 0.1) is 5.56 Å². The molecule has 21 heavy (non-hydrogen) atoms. The predicted octanol–water partition coefficient (Wildman–Crippen LogP) is 2.35. The molecule has 4 nitrogen and oxygen atoms in total. The summed E-state index contributed by atoms with van der Waals surface area (Å²) in [4.78, 5) is 16.7. The number of likely N-dealkylation sites (tertiary alicyclic amines) is 1. The summed E-state index contributed by atoms with van der Waals surface area (Å²) in [6, 6.07) is 4.49. The molecule has 1 saturated heterocycles. The first-order valence-corrected chi connectivity index (χ1v) is 7.65. The second-order valence-electron chi connectivity index (χ2n) is 5.48. The number of nitrogens with zero attached hydrogens (tertiary/aromatic N) is 2. The molecule has 1 aliphatic rings. The molecule has 0 saturated carbocycles. The van der Waals surface area contributed by atoms with Crippen molar-refractivity contribution in [2.24, 2.45) is 0 Å². The zero-order valence-electron chi connectivity index (χ0n) is 12.8. The van der Waals surface area contributed by atoms with Gasteiger partial charge >= 0.3 is 0 Å². The van der Waals surface area contributed by atoms with Crippen LogP contribution in [-0.2, 0) is 0 Å². The molecule has 1 fully saturated rings. The Bertz CT molecular complexity index is 494. The van der Waals surface area contributed by atoms with Gasteiger partial charge in [0.2, 0.25) is 0 Å². The van der Waals surface area contributed by atoms with E-state index in [1.54, 1.807) is 4.90 Å². The van der Waals surface area contributed by atoms with Gasteiger partial charge in [0.1, 0.15) is 5.82 Å². The number of amides is 1. The SMILES string of the molecule is CCN(CC)C1CCN(C(=O)c2cc(F)ccc2N)CC1. The fourth-order valence-electron chi connectivity index (χ4n) is 3.06. The Balaban J connectivity index is 2.02. The topological polar surface area (TPSA) is 49.6 Å². The number of piperidine rings is 1. The van der Waals surface area contributed by atoms with Gasteiger partial charge in [0.15, 0.2) is 0 Å². The lowest BCUT2D eigenvalue weighted by Crippen LogP contribution is -2.46. The zero-order chi connectivity index (χ0) is 15.4. The van der Waals surface area contributed by atoms with Gasteiger partial charge in [-0.2, -0.15) is 0 Å². The second-order valence-corrected chi connectivity index (χ2v) is 5.48. The molecule has 2 N–H and O–H groups in total. The first-order valence-electron chi connectivity index (χ1n) is 7.65. The average Bonchev–Trinajstić information content (AvgIpc) is 2.51. The molecular weight excluding hydrogens is 269 g/mol. The molecule has 1 amide bonds. The highest BCUT2D eigenvalue weighted by molar-refractivity contribution is 5.99. The van der Waals surface area contributed by atoms with Crippen molar-refractivity contribution in [1.29, 1.82) is 0 Å². The van der Waals surface area contributed by atoms with Crippen LogP contribution in [0.3, 0.4) is 0 Å². The van der Waals surface area contributed by atoms with E-state index >= 15 is 0 Å². The average molecular weight is 293 g/mol. The van der Waals surface area contributed by atoms with Gasteiger partial charge in [0.25, 0.3) is 5.91 Å². The van der Waals surface area contributed by atoms with Crippen LogP contribution in [0.5, 0.6) is 0 Å². The summed E-state index contributed by atoms with van der Waals surface area (Å²) in [6.07, 6.45) is 1.92. The lowest BCUT2D eigenvalue weighted by Gasteiger charge is -2.37. The molecule has 116 valence electrons. The van der Waals surface area contributed by atoms with E-state index in [0.717, 1.165) is 25.9 Å². The van der Waals surface area contributed by atoms with Gasteiger partial charge in [0, 0.05) is 24.8 Å². The number of hydrogen-bond acceptors (Lipinski definition) is 3. The van der Waals surface area contributed by atoms with Crippen LogP contribution < -0.4 is 5.73 Å². The Labute approximate surface area is 125 Å². The molecule has 0 radical (unpaired) electrons. The Morgan fingerprint density at radius 2 is 1.95 bits per heavy atom. The number of benzene rings is 1. The van der Waals surface area contributed by atoms with Gasteiger partial charge in [-0.3, -0.25) is 4.79 Å². The Hall–Kier alpha value is -1.62. The molecular formula is C16H24FN3O. The van der Waals surface area contributed by atoms with E-state index in [0.29, 0.717) is 24.8 Å². The van der Waals surface area contributed by atoms with Crippen LogP contribution in [0.25, 0.3) is 0 Å². The van der Waals surface area contributed by atoms with Crippen LogP contribution in [0.4, 0.5) is 10.1 Å². The van der Waals surface area contributed by atoms with E-state index in [1.165, 1.54) is 18.2 Å². The highest BCUT2D eigenvalue weighted by Crippen LogP contribution is 2.21. The quantitative estimate of drug-likeness (QED) is 0.867. The van der Waals surface area contributed by atoms with E-state index in [9.17, 15) is 9.18 Å². The van der Waals surface area contributed by atoms with Crippen LogP contribution in [-0.4, -0.2) is 47.9 Å². The molecule has 0 bridgehead atoms. The summed E-state index contributed by atoms with van der Waals surface area (Å²) in [5.74, 6) is -0.587. The molecule has 2 rings (SSSR count). The third kappa shape index (κ3) is 3.53. The molecule has 0 spiro atoms. The van der Waals surface area contributed by atoms with Crippen molar-refractivity contribution < 1.29 is 9.18 Å². The summed E-state index contributed by atoms with van der Waals surface area (Å²) in [5.41, 5.74) is 6.41. The van der Waals surface area contributed by atoms with E-state index in [2.05, 4.69) is 18.7 Å². The summed E-state index contributed by atoms with van der Waals surface area (Å²) in [7, 11) is 0.